The maximum absolute atomic E-state index is 4.93. The molecule has 84 valence electrons. The Morgan fingerprint density at radius 1 is 1.47 bits per heavy atom. The lowest BCUT2D eigenvalue weighted by Gasteiger charge is -2.17. The van der Waals surface area contributed by atoms with Crippen molar-refractivity contribution in [1.82, 2.24) is 25.1 Å². The van der Waals surface area contributed by atoms with Crippen molar-refractivity contribution >= 4 is 29.0 Å². The fraction of sp³-hybridized carbons (Fsp3) is 0.750. The van der Waals surface area contributed by atoms with Crippen molar-refractivity contribution < 1.29 is 0 Å². The van der Waals surface area contributed by atoms with E-state index in [-0.39, 0.29) is 0 Å². The van der Waals surface area contributed by atoms with Crippen LogP contribution in [0, 0.1) is 0 Å². The van der Waals surface area contributed by atoms with Crippen molar-refractivity contribution in [2.24, 2.45) is 0 Å². The summed E-state index contributed by atoms with van der Waals surface area (Å²) in [5, 5.41) is 11.3. The molecule has 1 rings (SSSR count). The van der Waals surface area contributed by atoms with Crippen molar-refractivity contribution in [1.29, 1.82) is 0 Å². The predicted octanol–water partition coefficient (Wildman–Crippen LogP) is 0.620. The Kier molecular flexibility index (Phi) is 5.13. The minimum Gasteiger partial charge on any atom is -0.302 e. The van der Waals surface area contributed by atoms with Gasteiger partial charge in [-0.3, -0.25) is 0 Å². The van der Waals surface area contributed by atoms with Crippen molar-refractivity contribution in [2.45, 2.75) is 20.4 Å². The SMILES string of the molecule is CCN(CC)CCn1nnnc1C(=S)S. The van der Waals surface area contributed by atoms with Crippen LogP contribution in [0.4, 0.5) is 0 Å². The van der Waals surface area contributed by atoms with E-state index in [2.05, 4.69) is 46.9 Å². The van der Waals surface area contributed by atoms with Gasteiger partial charge in [0.05, 0.1) is 6.54 Å². The van der Waals surface area contributed by atoms with Gasteiger partial charge in [-0.1, -0.05) is 26.1 Å². The molecule has 0 saturated heterocycles. The Labute approximate surface area is 100 Å². The van der Waals surface area contributed by atoms with Gasteiger partial charge in [-0.05, 0) is 23.5 Å². The Bertz CT molecular complexity index is 321. The summed E-state index contributed by atoms with van der Waals surface area (Å²) < 4.78 is 2.12. The van der Waals surface area contributed by atoms with Crippen LogP contribution in [0.2, 0.25) is 0 Å². The molecule has 1 aromatic heterocycles. The second-order valence-electron chi connectivity index (χ2n) is 3.06. The van der Waals surface area contributed by atoms with Gasteiger partial charge < -0.3 is 4.90 Å². The smallest absolute Gasteiger partial charge is 0.199 e. The van der Waals surface area contributed by atoms with Crippen LogP contribution in [-0.2, 0) is 6.54 Å². The molecule has 0 radical (unpaired) electrons. The molecule has 5 nitrogen and oxygen atoms in total. The van der Waals surface area contributed by atoms with Crippen LogP contribution < -0.4 is 0 Å². The first-order valence-electron chi connectivity index (χ1n) is 4.90. The average molecular weight is 245 g/mol. The Hall–Kier alpha value is -0.530. The third kappa shape index (κ3) is 3.51. The number of hydrogen-bond acceptors (Lipinski definition) is 5. The highest BCUT2D eigenvalue weighted by Gasteiger charge is 2.09. The van der Waals surface area contributed by atoms with E-state index in [4.69, 9.17) is 12.2 Å². The van der Waals surface area contributed by atoms with Crippen molar-refractivity contribution in [2.75, 3.05) is 19.6 Å². The van der Waals surface area contributed by atoms with Gasteiger partial charge in [0.15, 0.2) is 5.82 Å². The lowest BCUT2D eigenvalue weighted by Crippen LogP contribution is -2.28. The summed E-state index contributed by atoms with van der Waals surface area (Å²) in [6, 6.07) is 0. The first-order valence-corrected chi connectivity index (χ1v) is 5.76. The van der Waals surface area contributed by atoms with Gasteiger partial charge in [0.2, 0.25) is 0 Å². The zero-order valence-electron chi connectivity index (χ0n) is 8.92. The maximum Gasteiger partial charge on any atom is 0.199 e. The molecular formula is C8H15N5S2. The molecule has 1 heterocycles. The van der Waals surface area contributed by atoms with E-state index >= 15 is 0 Å². The van der Waals surface area contributed by atoms with Gasteiger partial charge in [0, 0.05) is 6.54 Å². The number of thiocarbonyl (C=S) groups is 1. The third-order valence-corrected chi connectivity index (χ3v) is 2.63. The molecule has 1 aromatic rings. The predicted molar refractivity (Wildman–Crippen MR) is 66.3 cm³/mol. The lowest BCUT2D eigenvalue weighted by atomic mass is 10.4. The summed E-state index contributed by atoms with van der Waals surface area (Å²) in [6.45, 7) is 7.98. The molecule has 0 atom stereocenters. The number of likely N-dealkylation sites (N-methyl/N-ethyl adjacent to an activating group) is 1. The molecule has 15 heavy (non-hydrogen) atoms. The van der Waals surface area contributed by atoms with E-state index in [9.17, 15) is 0 Å². The molecule has 0 aromatic carbocycles. The standard InChI is InChI=1S/C8H15N5S2/c1-3-12(4-2)5-6-13-7(8(14)15)9-10-11-13/h3-6H2,1-2H3,(H,14,15). The van der Waals surface area contributed by atoms with E-state index in [0.29, 0.717) is 10.0 Å². The van der Waals surface area contributed by atoms with Crippen LogP contribution in [0.15, 0.2) is 0 Å². The second kappa shape index (κ2) is 6.14. The number of nitrogens with zero attached hydrogens (tertiary/aromatic N) is 5. The third-order valence-electron chi connectivity index (χ3n) is 2.25. The number of hydrogen-bond donors (Lipinski definition) is 1. The van der Waals surface area contributed by atoms with E-state index in [0.717, 1.165) is 26.2 Å². The van der Waals surface area contributed by atoms with Gasteiger partial charge in [-0.15, -0.1) is 17.7 Å². The van der Waals surface area contributed by atoms with Gasteiger partial charge in [0.25, 0.3) is 0 Å². The summed E-state index contributed by atoms with van der Waals surface area (Å²) in [7, 11) is 0. The molecule has 0 bridgehead atoms. The first-order chi connectivity index (χ1) is 7.19. The molecule has 0 aliphatic rings. The van der Waals surface area contributed by atoms with Crippen LogP contribution in [0.25, 0.3) is 0 Å². The van der Waals surface area contributed by atoms with Crippen molar-refractivity contribution in [3.63, 3.8) is 0 Å². The number of tetrazole rings is 1. The Morgan fingerprint density at radius 3 is 2.67 bits per heavy atom. The number of thiol groups is 1. The highest BCUT2D eigenvalue weighted by atomic mass is 32.1. The quantitative estimate of drug-likeness (QED) is 0.588. The normalized spacial score (nSPS) is 10.9. The summed E-state index contributed by atoms with van der Waals surface area (Å²) in [4.78, 5) is 2.30. The average Bonchev–Trinajstić information content (AvgIpc) is 2.67. The number of aromatic nitrogens is 4. The topological polar surface area (TPSA) is 46.8 Å². The Balaban J connectivity index is 2.57. The van der Waals surface area contributed by atoms with Crippen LogP contribution in [-0.4, -0.2) is 48.9 Å². The maximum atomic E-state index is 4.93. The lowest BCUT2D eigenvalue weighted by molar-refractivity contribution is 0.284. The van der Waals surface area contributed by atoms with E-state index in [1.807, 2.05) is 0 Å². The highest BCUT2D eigenvalue weighted by molar-refractivity contribution is 8.11. The summed E-state index contributed by atoms with van der Waals surface area (Å²) in [5.41, 5.74) is 0. The first kappa shape index (κ1) is 12.5. The molecular weight excluding hydrogens is 230 g/mol. The van der Waals surface area contributed by atoms with Gasteiger partial charge in [-0.25, -0.2) is 4.68 Å². The largest absolute Gasteiger partial charge is 0.302 e. The summed E-state index contributed by atoms with van der Waals surface area (Å²) in [6.07, 6.45) is 0. The molecule has 0 aliphatic carbocycles. The molecule has 0 unspecified atom stereocenters. The van der Waals surface area contributed by atoms with Gasteiger partial charge in [-0.2, -0.15) is 0 Å². The van der Waals surface area contributed by atoms with E-state index in [1.54, 1.807) is 4.68 Å². The zero-order chi connectivity index (χ0) is 11.3. The van der Waals surface area contributed by atoms with Gasteiger partial charge in [0.1, 0.15) is 4.20 Å². The fourth-order valence-corrected chi connectivity index (χ4v) is 1.59. The fourth-order valence-electron chi connectivity index (χ4n) is 1.28. The van der Waals surface area contributed by atoms with Crippen LogP contribution >= 0.6 is 24.8 Å². The monoisotopic (exact) mass is 245 g/mol. The summed E-state index contributed by atoms with van der Waals surface area (Å²) in [5.74, 6) is 0.570. The number of rotatable bonds is 6. The van der Waals surface area contributed by atoms with Gasteiger partial charge >= 0.3 is 0 Å². The van der Waals surface area contributed by atoms with Crippen molar-refractivity contribution in [3.8, 4) is 0 Å². The van der Waals surface area contributed by atoms with Crippen LogP contribution in [0.5, 0.6) is 0 Å². The molecule has 0 saturated carbocycles. The van der Waals surface area contributed by atoms with E-state index < -0.39 is 0 Å². The Morgan fingerprint density at radius 2 is 2.13 bits per heavy atom. The van der Waals surface area contributed by atoms with E-state index in [1.165, 1.54) is 0 Å². The zero-order valence-corrected chi connectivity index (χ0v) is 10.6. The molecule has 0 N–H and O–H groups in total. The molecule has 0 aliphatic heterocycles. The van der Waals surface area contributed by atoms with Crippen molar-refractivity contribution in [3.05, 3.63) is 5.82 Å². The minimum absolute atomic E-state index is 0.430. The minimum atomic E-state index is 0.430. The molecule has 7 heteroatoms. The van der Waals surface area contributed by atoms with Crippen LogP contribution in [0.1, 0.15) is 19.7 Å². The molecule has 0 spiro atoms. The second-order valence-corrected chi connectivity index (χ2v) is 4.22. The molecule has 0 amide bonds. The summed E-state index contributed by atoms with van der Waals surface area (Å²) >= 11 is 9.00. The molecule has 0 fully saturated rings. The van der Waals surface area contributed by atoms with Crippen LogP contribution in [0.3, 0.4) is 0 Å². The highest BCUT2D eigenvalue weighted by Crippen LogP contribution is 1.99.